The van der Waals surface area contributed by atoms with Gasteiger partial charge in [0.25, 0.3) is 0 Å². The topological polar surface area (TPSA) is 176 Å². The van der Waals surface area contributed by atoms with Gasteiger partial charge < -0.3 is 36.7 Å². The first-order valence-electron chi connectivity index (χ1n) is 22.0. The fourth-order valence-electron chi connectivity index (χ4n) is 7.32. The lowest BCUT2D eigenvalue weighted by Gasteiger charge is -2.32. The number of carbonyl (C=O) groups is 2. The van der Waals surface area contributed by atoms with Crippen LogP contribution in [0.1, 0.15) is 180 Å². The zero-order chi connectivity index (χ0) is 40.3. The molecule has 8 N–H and O–H groups in total. The van der Waals surface area contributed by atoms with E-state index in [2.05, 4.69) is 27.6 Å². The maximum atomic E-state index is 12.8. The number of piperidine rings is 1. The van der Waals surface area contributed by atoms with Crippen molar-refractivity contribution in [2.45, 2.75) is 187 Å². The quantitative estimate of drug-likeness (QED) is 0.0196. The molecule has 1 fully saturated rings. The first kappa shape index (κ1) is 48.6. The molecule has 2 amide bonds. The van der Waals surface area contributed by atoms with Crippen molar-refractivity contribution in [2.75, 3.05) is 26.2 Å². The van der Waals surface area contributed by atoms with Crippen molar-refractivity contribution in [2.24, 2.45) is 28.5 Å². The van der Waals surface area contributed by atoms with Crippen LogP contribution in [-0.4, -0.2) is 77.2 Å². The number of aliphatic hydroxyl groups is 2. The molecule has 1 saturated heterocycles. The van der Waals surface area contributed by atoms with Crippen LogP contribution in [-0.2, 0) is 14.4 Å². The molecule has 4 unspecified atom stereocenters. The number of amides is 2. The highest BCUT2D eigenvalue weighted by atomic mass is 16.6. The first-order valence-corrected chi connectivity index (χ1v) is 22.0. The monoisotopic (exact) mass is 773 g/mol. The highest BCUT2D eigenvalue weighted by Gasteiger charge is 2.23. The second kappa shape index (κ2) is 29.6. The third-order valence-electron chi connectivity index (χ3n) is 11.0. The molecule has 11 heteroatoms. The van der Waals surface area contributed by atoms with Gasteiger partial charge in [-0.15, -0.1) is 0 Å². The molecule has 316 valence electrons. The second-order valence-electron chi connectivity index (χ2n) is 16.4. The van der Waals surface area contributed by atoms with E-state index in [0.29, 0.717) is 56.6 Å². The molecule has 2 rings (SSSR count). The molecule has 11 nitrogen and oxygen atoms in total. The van der Waals surface area contributed by atoms with Gasteiger partial charge in [-0.25, -0.2) is 0 Å². The predicted molar refractivity (Wildman–Crippen MR) is 225 cm³/mol. The van der Waals surface area contributed by atoms with Crippen molar-refractivity contribution < 1.29 is 24.6 Å². The Morgan fingerprint density at radius 2 is 1.45 bits per heavy atom. The first-order chi connectivity index (χ1) is 26.5. The normalized spacial score (nSPS) is 16.2. The molecule has 0 radical (unpaired) electrons. The van der Waals surface area contributed by atoms with Crippen molar-refractivity contribution in [1.82, 2.24) is 15.5 Å². The van der Waals surface area contributed by atoms with Crippen LogP contribution in [0, 0.1) is 11.8 Å². The molecule has 1 aromatic carbocycles. The zero-order valence-corrected chi connectivity index (χ0v) is 35.1. The Labute approximate surface area is 334 Å². The third-order valence-corrected chi connectivity index (χ3v) is 11.0. The van der Waals surface area contributed by atoms with E-state index in [4.69, 9.17) is 16.3 Å². The average Bonchev–Trinajstić information content (AvgIpc) is 3.17. The van der Waals surface area contributed by atoms with E-state index in [1.54, 1.807) is 0 Å². The summed E-state index contributed by atoms with van der Waals surface area (Å²) in [5.74, 6) is 0.868. The van der Waals surface area contributed by atoms with Crippen LogP contribution in [0.15, 0.2) is 29.4 Å². The summed E-state index contributed by atoms with van der Waals surface area (Å²) < 4.78 is 0. The van der Waals surface area contributed by atoms with Gasteiger partial charge in [-0.1, -0.05) is 127 Å². The predicted octanol–water partition coefficient (Wildman–Crippen LogP) is 7.42. The Morgan fingerprint density at radius 1 is 0.873 bits per heavy atom. The van der Waals surface area contributed by atoms with E-state index in [1.165, 1.54) is 77.0 Å². The van der Waals surface area contributed by atoms with Gasteiger partial charge in [-0.3, -0.25) is 14.9 Å². The van der Waals surface area contributed by atoms with E-state index in [9.17, 15) is 19.8 Å². The number of hydrogen-bond acceptors (Lipinski definition) is 9. The molecular weight excluding hydrogens is 693 g/mol. The number of likely N-dealkylation sites (tertiary alicyclic amines) is 1. The Kier molecular flexibility index (Phi) is 26.2. The summed E-state index contributed by atoms with van der Waals surface area (Å²) in [6.45, 7) is 11.0. The number of nitrogens with two attached hydrogens (primary N) is 2. The molecule has 1 aliphatic heterocycles. The van der Waals surface area contributed by atoms with Gasteiger partial charge in [0.15, 0.2) is 0 Å². The second-order valence-corrected chi connectivity index (χ2v) is 16.4. The number of hydrogen-bond donors (Lipinski definition) is 6. The van der Waals surface area contributed by atoms with E-state index < -0.39 is 24.5 Å². The van der Waals surface area contributed by atoms with E-state index >= 15 is 0 Å². The zero-order valence-electron chi connectivity index (χ0n) is 35.1. The van der Waals surface area contributed by atoms with Crippen molar-refractivity contribution in [3.8, 4) is 0 Å². The van der Waals surface area contributed by atoms with Gasteiger partial charge in [-0.2, -0.15) is 0 Å². The van der Waals surface area contributed by atoms with Crippen molar-refractivity contribution in [1.29, 1.82) is 0 Å². The number of rotatable bonds is 31. The van der Waals surface area contributed by atoms with Crippen LogP contribution in [0.5, 0.6) is 0 Å². The van der Waals surface area contributed by atoms with Crippen LogP contribution in [0.4, 0.5) is 0 Å². The summed E-state index contributed by atoms with van der Waals surface area (Å²) in [5, 5.41) is 30.8. The van der Waals surface area contributed by atoms with Gasteiger partial charge in [0, 0.05) is 19.5 Å². The van der Waals surface area contributed by atoms with E-state index in [0.717, 1.165) is 62.0 Å². The largest absolute Gasteiger partial charge is 0.396 e. The molecule has 4 atom stereocenters. The Balaban J connectivity index is 1.54. The average molecular weight is 773 g/mol. The maximum absolute atomic E-state index is 12.8. The Bertz CT molecular complexity index is 1170. The van der Waals surface area contributed by atoms with E-state index in [-0.39, 0.29) is 5.91 Å². The summed E-state index contributed by atoms with van der Waals surface area (Å²) in [6.07, 6.45) is 21.3. The highest BCUT2D eigenvalue weighted by Crippen LogP contribution is 2.22. The standard InChI is InChI=1S/C44H80N6O5/c1-5-6-7-8-9-10-11-12-13-14-15-16-17-21-41(51)50-30-26-36(27-31-50)28-32-55-49-35(4)37-22-24-38(25-23-37)43(53)47-29-19-18-20-40(42(46)52)48-44(54)39(45)33-34(2)3/h22-25,34,36,39-40,42-43,47,52-53H,5-21,26-33,45-46H2,1-4H3,(H,48,54)/b49-35-. The van der Waals surface area contributed by atoms with Crippen molar-refractivity contribution in [3.05, 3.63) is 35.4 Å². The number of nitrogens with one attached hydrogen (secondary N) is 2. The molecule has 0 bridgehead atoms. The van der Waals surface area contributed by atoms with Crippen LogP contribution >= 0.6 is 0 Å². The summed E-state index contributed by atoms with van der Waals surface area (Å²) in [7, 11) is 0. The minimum atomic E-state index is -1.17. The molecule has 0 spiro atoms. The summed E-state index contributed by atoms with van der Waals surface area (Å²) in [4.78, 5) is 32.8. The smallest absolute Gasteiger partial charge is 0.237 e. The lowest BCUT2D eigenvalue weighted by molar-refractivity contribution is -0.132. The number of oxime groups is 1. The fraction of sp³-hybridized carbons (Fsp3) is 0.795. The summed E-state index contributed by atoms with van der Waals surface area (Å²) >= 11 is 0. The molecular formula is C44H80N6O5. The van der Waals surface area contributed by atoms with Crippen molar-refractivity contribution in [3.63, 3.8) is 0 Å². The lowest BCUT2D eigenvalue weighted by Crippen LogP contribution is -2.52. The minimum absolute atomic E-state index is 0.292. The third kappa shape index (κ3) is 22.1. The number of nitrogens with zero attached hydrogens (tertiary/aromatic N) is 2. The molecule has 0 saturated carbocycles. The maximum Gasteiger partial charge on any atom is 0.237 e. The molecule has 0 aromatic heterocycles. The van der Waals surface area contributed by atoms with Gasteiger partial charge in [-0.05, 0) is 87.8 Å². The van der Waals surface area contributed by atoms with Gasteiger partial charge in [0.1, 0.15) is 19.1 Å². The van der Waals surface area contributed by atoms with Crippen LogP contribution in [0.25, 0.3) is 0 Å². The minimum Gasteiger partial charge on any atom is -0.396 e. The van der Waals surface area contributed by atoms with Crippen LogP contribution in [0.3, 0.4) is 0 Å². The van der Waals surface area contributed by atoms with Crippen LogP contribution in [0.2, 0.25) is 0 Å². The number of aliphatic hydroxyl groups excluding tert-OH is 2. The summed E-state index contributed by atoms with van der Waals surface area (Å²) in [6, 6.07) is 6.39. The number of unbranched alkanes of at least 4 members (excludes halogenated alkanes) is 13. The Hall–Kier alpha value is -2.57. The molecule has 1 aliphatic rings. The highest BCUT2D eigenvalue weighted by molar-refractivity contribution is 5.98. The summed E-state index contributed by atoms with van der Waals surface area (Å²) in [5.41, 5.74) is 14.1. The number of benzene rings is 1. The lowest BCUT2D eigenvalue weighted by atomic mass is 9.93. The molecule has 1 heterocycles. The van der Waals surface area contributed by atoms with Gasteiger partial charge >= 0.3 is 0 Å². The van der Waals surface area contributed by atoms with Crippen molar-refractivity contribution >= 4 is 17.5 Å². The van der Waals surface area contributed by atoms with E-state index in [1.807, 2.05) is 45.0 Å². The van der Waals surface area contributed by atoms with Gasteiger partial charge in [0.05, 0.1) is 17.8 Å². The molecule has 1 aromatic rings. The SMILES string of the molecule is CCCCCCCCCCCCCCCC(=O)N1CCC(CCO/N=C(/C)c2ccc(C(O)NCCCCC(NC(=O)C(N)CC(C)C)C(N)O)cc2)CC1. The fourth-order valence-corrected chi connectivity index (χ4v) is 7.32. The molecule has 55 heavy (non-hydrogen) atoms. The van der Waals surface area contributed by atoms with Gasteiger partial charge in [0.2, 0.25) is 11.8 Å². The Morgan fingerprint density at radius 3 is 2.02 bits per heavy atom. The number of carbonyl (C=O) groups excluding carboxylic acids is 2. The molecule has 0 aliphatic carbocycles. The van der Waals surface area contributed by atoms with Crippen LogP contribution < -0.4 is 22.1 Å².